The van der Waals surface area contributed by atoms with Crippen LogP contribution in [0.15, 0.2) is 47.3 Å². The predicted molar refractivity (Wildman–Crippen MR) is 140 cm³/mol. The molecule has 0 aliphatic heterocycles. The third kappa shape index (κ3) is 5.70. The standard InChI is InChI=1S/C24H25F2N3O4S.C2H6/c1-13-5-8-19(18(26)9-13)27-24-23(20(33-4)12-22(30)29(24)2)28-34(31)21-11-16(21)15-7-6-14(32-3)10-17(15)25;1-2/h5-10,12,16,21,27-28H,11H2,1-4H3;1-2H3. The zero-order chi connectivity index (χ0) is 26.6. The number of nitrogens with one attached hydrogen (secondary N) is 2. The van der Waals surface area contributed by atoms with Crippen molar-refractivity contribution in [2.75, 3.05) is 24.3 Å². The minimum atomic E-state index is -1.64. The number of rotatable bonds is 8. The van der Waals surface area contributed by atoms with Crippen LogP contribution < -0.4 is 25.1 Å². The topological polar surface area (TPSA) is 81.6 Å². The van der Waals surface area contributed by atoms with Gasteiger partial charge in [-0.15, -0.1) is 0 Å². The highest BCUT2D eigenvalue weighted by Gasteiger charge is 2.45. The van der Waals surface area contributed by atoms with Crippen molar-refractivity contribution in [2.45, 2.75) is 38.4 Å². The molecule has 3 atom stereocenters. The van der Waals surface area contributed by atoms with Gasteiger partial charge in [0, 0.05) is 25.1 Å². The summed E-state index contributed by atoms with van der Waals surface area (Å²) in [7, 11) is 2.71. The van der Waals surface area contributed by atoms with E-state index in [1.807, 2.05) is 13.8 Å². The Morgan fingerprint density at radius 2 is 1.75 bits per heavy atom. The van der Waals surface area contributed by atoms with E-state index < -0.39 is 28.2 Å². The van der Waals surface area contributed by atoms with Gasteiger partial charge >= 0.3 is 0 Å². The highest BCUT2D eigenvalue weighted by Crippen LogP contribution is 2.47. The molecule has 0 amide bonds. The van der Waals surface area contributed by atoms with Crippen LogP contribution in [0.25, 0.3) is 0 Å². The molecule has 3 unspecified atom stereocenters. The lowest BCUT2D eigenvalue weighted by atomic mass is 10.1. The number of benzene rings is 2. The first-order chi connectivity index (χ1) is 17.2. The summed E-state index contributed by atoms with van der Waals surface area (Å²) in [6.45, 7) is 5.77. The first-order valence-electron chi connectivity index (χ1n) is 11.5. The van der Waals surface area contributed by atoms with Gasteiger partial charge in [-0.1, -0.05) is 26.0 Å². The Bertz CT molecular complexity index is 1330. The lowest BCUT2D eigenvalue weighted by Gasteiger charge is -2.20. The van der Waals surface area contributed by atoms with Gasteiger partial charge in [-0.2, -0.15) is 0 Å². The number of halogens is 2. The molecule has 36 heavy (non-hydrogen) atoms. The molecule has 0 saturated heterocycles. The molecule has 0 bridgehead atoms. The third-order valence-corrected chi connectivity index (χ3v) is 7.29. The van der Waals surface area contributed by atoms with Crippen LogP contribution in [0.2, 0.25) is 0 Å². The molecule has 3 aromatic rings. The molecular formula is C26H31F2N3O4S. The van der Waals surface area contributed by atoms with E-state index in [0.29, 0.717) is 17.7 Å². The van der Waals surface area contributed by atoms with Crippen LogP contribution in [-0.4, -0.2) is 28.2 Å². The Hall–Kier alpha value is -3.40. The second kappa shape index (κ2) is 11.6. The summed E-state index contributed by atoms with van der Waals surface area (Å²) in [6, 6.07) is 10.5. The van der Waals surface area contributed by atoms with Gasteiger partial charge in [0.1, 0.15) is 39.9 Å². The summed E-state index contributed by atoms with van der Waals surface area (Å²) >= 11 is 0. The zero-order valence-corrected chi connectivity index (χ0v) is 22.0. The molecule has 1 fully saturated rings. The number of hydrogen-bond acceptors (Lipinski definition) is 5. The molecule has 2 N–H and O–H groups in total. The summed E-state index contributed by atoms with van der Waals surface area (Å²) in [5.41, 5.74) is 1.20. The van der Waals surface area contributed by atoms with E-state index in [2.05, 4.69) is 10.0 Å². The quantitative estimate of drug-likeness (QED) is 0.417. The Kier molecular flexibility index (Phi) is 8.73. The SMILES string of the molecule is CC.COc1ccc(C2CC2S(=O)Nc2c(OC)cc(=O)n(C)c2Nc2ccc(C)cc2F)c(F)c1. The second-order valence-corrected chi connectivity index (χ2v) is 9.51. The first-order valence-corrected chi connectivity index (χ1v) is 12.8. The van der Waals surface area contributed by atoms with Gasteiger partial charge < -0.3 is 14.8 Å². The third-order valence-electron chi connectivity index (χ3n) is 5.82. The van der Waals surface area contributed by atoms with Crippen molar-refractivity contribution in [3.63, 3.8) is 0 Å². The average molecular weight is 520 g/mol. The maximum absolute atomic E-state index is 14.5. The molecule has 10 heteroatoms. The average Bonchev–Trinajstić information content (AvgIpc) is 3.66. The molecule has 1 aliphatic carbocycles. The molecule has 1 aliphatic rings. The summed E-state index contributed by atoms with van der Waals surface area (Å²) in [4.78, 5) is 12.5. The molecule has 7 nitrogen and oxygen atoms in total. The molecule has 0 radical (unpaired) electrons. The van der Waals surface area contributed by atoms with Crippen LogP contribution >= 0.6 is 0 Å². The Morgan fingerprint density at radius 1 is 1.03 bits per heavy atom. The Balaban J connectivity index is 0.00000176. The number of methoxy groups -OCH3 is 2. The monoisotopic (exact) mass is 519 g/mol. The number of hydrogen-bond donors (Lipinski definition) is 2. The van der Waals surface area contributed by atoms with Crippen molar-refractivity contribution in [1.82, 2.24) is 4.57 Å². The lowest BCUT2D eigenvalue weighted by Crippen LogP contribution is -2.23. The van der Waals surface area contributed by atoms with E-state index in [9.17, 15) is 17.8 Å². The van der Waals surface area contributed by atoms with Gasteiger partial charge in [-0.05, 0) is 42.7 Å². The zero-order valence-electron chi connectivity index (χ0n) is 21.1. The summed E-state index contributed by atoms with van der Waals surface area (Å²) in [6.07, 6.45) is 0.520. The highest BCUT2D eigenvalue weighted by atomic mass is 32.2. The van der Waals surface area contributed by atoms with Gasteiger partial charge in [0.2, 0.25) is 0 Å². The maximum atomic E-state index is 14.5. The van der Waals surface area contributed by atoms with Crippen LogP contribution in [-0.2, 0) is 18.0 Å². The minimum Gasteiger partial charge on any atom is -0.497 e. The molecule has 4 rings (SSSR count). The molecular weight excluding hydrogens is 488 g/mol. The summed E-state index contributed by atoms with van der Waals surface area (Å²) < 4.78 is 56.7. The minimum absolute atomic E-state index is 0.146. The molecule has 1 saturated carbocycles. The number of aromatic nitrogens is 1. The Labute approximate surface area is 212 Å². The Morgan fingerprint density at radius 3 is 2.36 bits per heavy atom. The van der Waals surface area contributed by atoms with Crippen molar-refractivity contribution in [3.05, 3.63) is 75.6 Å². The number of ether oxygens (including phenoxy) is 2. The van der Waals surface area contributed by atoms with Gasteiger partial charge in [0.25, 0.3) is 5.56 Å². The summed E-state index contributed by atoms with van der Waals surface area (Å²) in [5, 5.41) is 2.57. The van der Waals surface area contributed by atoms with Crippen molar-refractivity contribution in [1.29, 1.82) is 0 Å². The number of anilines is 3. The fraction of sp³-hybridized carbons (Fsp3) is 0.346. The van der Waals surface area contributed by atoms with Gasteiger partial charge in [0.05, 0.1) is 25.2 Å². The van der Waals surface area contributed by atoms with Gasteiger partial charge in [-0.25, -0.2) is 13.0 Å². The van der Waals surface area contributed by atoms with E-state index in [1.54, 1.807) is 31.2 Å². The number of nitrogens with zero attached hydrogens (tertiary/aromatic N) is 1. The lowest BCUT2D eigenvalue weighted by molar-refractivity contribution is 0.410. The number of aryl methyl sites for hydroxylation is 1. The molecule has 1 aromatic heterocycles. The fourth-order valence-electron chi connectivity index (χ4n) is 3.78. The van der Waals surface area contributed by atoms with Crippen LogP contribution in [0.1, 0.15) is 37.3 Å². The molecule has 2 aromatic carbocycles. The van der Waals surface area contributed by atoms with Crippen LogP contribution in [0.3, 0.4) is 0 Å². The fourth-order valence-corrected chi connectivity index (χ4v) is 5.16. The normalized spacial score (nSPS) is 16.9. The van der Waals surface area contributed by atoms with Crippen LogP contribution in [0, 0.1) is 18.6 Å². The number of pyridine rings is 1. The van der Waals surface area contributed by atoms with E-state index in [0.717, 1.165) is 5.56 Å². The summed E-state index contributed by atoms with van der Waals surface area (Å²) in [5.74, 6) is -0.400. The van der Waals surface area contributed by atoms with Crippen LogP contribution in [0.5, 0.6) is 11.5 Å². The maximum Gasteiger partial charge on any atom is 0.255 e. The van der Waals surface area contributed by atoms with Gasteiger partial charge in [0.15, 0.2) is 5.75 Å². The molecule has 1 heterocycles. The van der Waals surface area contributed by atoms with E-state index in [4.69, 9.17) is 9.47 Å². The predicted octanol–water partition coefficient (Wildman–Crippen LogP) is 5.39. The van der Waals surface area contributed by atoms with E-state index in [1.165, 1.54) is 44.0 Å². The van der Waals surface area contributed by atoms with E-state index >= 15 is 0 Å². The molecule has 194 valence electrons. The van der Waals surface area contributed by atoms with Crippen molar-refractivity contribution in [3.8, 4) is 11.5 Å². The second-order valence-electron chi connectivity index (χ2n) is 8.11. The smallest absolute Gasteiger partial charge is 0.255 e. The molecule has 0 spiro atoms. The van der Waals surface area contributed by atoms with Crippen molar-refractivity contribution < 1.29 is 22.5 Å². The van der Waals surface area contributed by atoms with Crippen molar-refractivity contribution in [2.24, 2.45) is 7.05 Å². The van der Waals surface area contributed by atoms with E-state index in [-0.39, 0.29) is 34.1 Å². The van der Waals surface area contributed by atoms with Crippen molar-refractivity contribution >= 4 is 28.2 Å². The van der Waals surface area contributed by atoms with Crippen LogP contribution in [0.4, 0.5) is 26.0 Å². The first kappa shape index (κ1) is 27.2. The van der Waals surface area contributed by atoms with Gasteiger partial charge in [-0.3, -0.25) is 14.1 Å². The highest BCUT2D eigenvalue weighted by molar-refractivity contribution is 7.87. The largest absolute Gasteiger partial charge is 0.497 e.